The van der Waals surface area contributed by atoms with Crippen LogP contribution in [0.25, 0.3) is 33.5 Å². The van der Waals surface area contributed by atoms with Crippen LogP contribution in [0.15, 0.2) is 65.1 Å². The van der Waals surface area contributed by atoms with Gasteiger partial charge < -0.3 is 14.3 Å². The second-order valence-electron chi connectivity index (χ2n) is 6.30. The Kier molecular flexibility index (Phi) is 4.95. The average Bonchev–Trinajstić information content (AvgIpc) is 3.12. The minimum atomic E-state index is -3.02. The molecule has 0 aliphatic rings. The molecule has 146 valence electrons. The number of benzene rings is 3. The van der Waals surface area contributed by atoms with E-state index in [1.54, 1.807) is 42.5 Å². The molecule has 1 N–H and O–H groups in total. The number of oxazole rings is 1. The first kappa shape index (κ1) is 18.6. The van der Waals surface area contributed by atoms with Crippen LogP contribution >= 0.6 is 0 Å². The van der Waals surface area contributed by atoms with Crippen LogP contribution in [0.5, 0.6) is 5.75 Å². The molecule has 0 saturated heterocycles. The lowest BCUT2D eigenvalue weighted by Crippen LogP contribution is -2.04. The van der Waals surface area contributed by atoms with Crippen LogP contribution in [0.4, 0.5) is 8.78 Å². The summed E-state index contributed by atoms with van der Waals surface area (Å²) in [5.41, 5.74) is 1.65. The predicted octanol–water partition coefficient (Wildman–Crippen LogP) is 5.60. The van der Waals surface area contributed by atoms with Gasteiger partial charge in [-0.1, -0.05) is 42.5 Å². The van der Waals surface area contributed by atoms with E-state index in [1.807, 2.05) is 12.1 Å². The quantitative estimate of drug-likeness (QED) is 0.460. The van der Waals surface area contributed by atoms with Crippen molar-refractivity contribution in [2.75, 3.05) is 0 Å². The maximum Gasteiger partial charge on any atom is 0.387 e. The van der Waals surface area contributed by atoms with E-state index in [2.05, 4.69) is 9.72 Å². The SMILES string of the molecule is O=C(O)C/C(=C\c1c(OC(F)F)ccc2ccccc12)c1nc2ccccc2o1. The topological polar surface area (TPSA) is 72.6 Å². The van der Waals surface area contributed by atoms with Crippen LogP contribution in [0.2, 0.25) is 0 Å². The molecule has 3 aromatic carbocycles. The number of hydrogen-bond acceptors (Lipinski definition) is 4. The lowest BCUT2D eigenvalue weighted by Gasteiger charge is -2.12. The number of halogens is 2. The third kappa shape index (κ3) is 3.94. The van der Waals surface area contributed by atoms with E-state index in [0.717, 1.165) is 5.39 Å². The molecule has 4 rings (SSSR count). The van der Waals surface area contributed by atoms with Gasteiger partial charge in [0, 0.05) is 11.1 Å². The normalized spacial score (nSPS) is 12.0. The van der Waals surface area contributed by atoms with Gasteiger partial charge in [0.1, 0.15) is 11.3 Å². The van der Waals surface area contributed by atoms with Crippen molar-refractivity contribution >= 4 is 39.5 Å². The van der Waals surface area contributed by atoms with Gasteiger partial charge in [0.25, 0.3) is 0 Å². The number of para-hydroxylation sites is 2. The summed E-state index contributed by atoms with van der Waals surface area (Å²) in [4.78, 5) is 15.8. The molecule has 7 heteroatoms. The van der Waals surface area contributed by atoms with E-state index in [1.165, 1.54) is 12.1 Å². The third-order valence-electron chi connectivity index (χ3n) is 4.38. The second-order valence-corrected chi connectivity index (χ2v) is 6.30. The number of carboxylic acid groups (broad SMARTS) is 1. The maximum absolute atomic E-state index is 12.9. The average molecular weight is 395 g/mol. The summed E-state index contributed by atoms with van der Waals surface area (Å²) in [5, 5.41) is 10.8. The highest BCUT2D eigenvalue weighted by molar-refractivity contribution is 5.99. The predicted molar refractivity (Wildman–Crippen MR) is 105 cm³/mol. The smallest absolute Gasteiger partial charge is 0.387 e. The standard InChI is InChI=1S/C22H15F2NO4/c23-22(24)29-18-10-9-13-5-1-2-6-15(13)16(18)11-14(12-20(26)27)21-25-17-7-3-4-8-19(17)28-21/h1-11,22H,12H2,(H,26,27)/b14-11+. The van der Waals surface area contributed by atoms with Gasteiger partial charge in [0.15, 0.2) is 5.58 Å². The van der Waals surface area contributed by atoms with Crippen LogP contribution in [0.1, 0.15) is 17.9 Å². The molecule has 5 nitrogen and oxygen atoms in total. The summed E-state index contributed by atoms with van der Waals surface area (Å²) in [7, 11) is 0. The first-order chi connectivity index (χ1) is 14.0. The number of aromatic nitrogens is 1. The minimum absolute atomic E-state index is 0.0577. The Hall–Kier alpha value is -3.74. The molecule has 4 aromatic rings. The van der Waals surface area contributed by atoms with Gasteiger partial charge in [-0.15, -0.1) is 0 Å². The molecule has 0 amide bonds. The number of hydrogen-bond donors (Lipinski definition) is 1. The highest BCUT2D eigenvalue weighted by Gasteiger charge is 2.18. The molecule has 0 spiro atoms. The highest BCUT2D eigenvalue weighted by Crippen LogP contribution is 2.34. The summed E-state index contributed by atoms with van der Waals surface area (Å²) in [5.74, 6) is -1.04. The van der Waals surface area contributed by atoms with Crippen molar-refractivity contribution in [2.24, 2.45) is 0 Å². The van der Waals surface area contributed by atoms with E-state index in [-0.39, 0.29) is 17.2 Å². The summed E-state index contributed by atoms with van der Waals surface area (Å²) >= 11 is 0. The fourth-order valence-corrected chi connectivity index (χ4v) is 3.16. The van der Waals surface area contributed by atoms with Crippen LogP contribution in [0.3, 0.4) is 0 Å². The molecular weight excluding hydrogens is 380 g/mol. The Bertz CT molecular complexity index is 1200. The first-order valence-corrected chi connectivity index (χ1v) is 8.76. The molecule has 0 atom stereocenters. The van der Waals surface area contributed by atoms with Crippen molar-refractivity contribution in [2.45, 2.75) is 13.0 Å². The van der Waals surface area contributed by atoms with E-state index < -0.39 is 19.0 Å². The lowest BCUT2D eigenvalue weighted by molar-refractivity contribution is -0.135. The zero-order valence-corrected chi connectivity index (χ0v) is 15.0. The Morgan fingerprint density at radius 1 is 1.10 bits per heavy atom. The minimum Gasteiger partial charge on any atom is -0.481 e. The van der Waals surface area contributed by atoms with Crippen molar-refractivity contribution in [1.82, 2.24) is 4.98 Å². The number of ether oxygens (including phenoxy) is 1. The molecule has 0 unspecified atom stereocenters. The molecule has 1 aromatic heterocycles. The van der Waals surface area contributed by atoms with E-state index in [4.69, 9.17) is 4.42 Å². The molecule has 0 aliphatic carbocycles. The van der Waals surface area contributed by atoms with Gasteiger partial charge in [-0.25, -0.2) is 4.98 Å². The van der Waals surface area contributed by atoms with Crippen molar-refractivity contribution in [3.8, 4) is 5.75 Å². The van der Waals surface area contributed by atoms with Crippen LogP contribution < -0.4 is 4.74 Å². The fourth-order valence-electron chi connectivity index (χ4n) is 3.16. The van der Waals surface area contributed by atoms with Gasteiger partial charge in [-0.05, 0) is 35.0 Å². The van der Waals surface area contributed by atoms with Gasteiger partial charge in [0.2, 0.25) is 5.89 Å². The molecule has 1 heterocycles. The summed E-state index contributed by atoms with van der Waals surface area (Å²) in [6, 6.07) is 17.3. The highest BCUT2D eigenvalue weighted by atomic mass is 19.3. The molecule has 0 saturated carbocycles. The van der Waals surface area contributed by atoms with Gasteiger partial charge in [0.05, 0.1) is 6.42 Å². The van der Waals surface area contributed by atoms with Gasteiger partial charge in [-0.2, -0.15) is 8.78 Å². The molecule has 0 bridgehead atoms. The Morgan fingerprint density at radius 2 is 1.86 bits per heavy atom. The van der Waals surface area contributed by atoms with Crippen molar-refractivity contribution in [1.29, 1.82) is 0 Å². The van der Waals surface area contributed by atoms with Crippen LogP contribution in [-0.2, 0) is 4.79 Å². The Balaban J connectivity index is 1.93. The zero-order chi connectivity index (χ0) is 20.4. The largest absolute Gasteiger partial charge is 0.481 e. The molecule has 29 heavy (non-hydrogen) atoms. The summed E-state index contributed by atoms with van der Waals surface area (Å²) < 4.78 is 36.3. The Morgan fingerprint density at radius 3 is 2.62 bits per heavy atom. The fraction of sp³-hybridized carbons (Fsp3) is 0.0909. The zero-order valence-electron chi connectivity index (χ0n) is 15.0. The van der Waals surface area contributed by atoms with Crippen molar-refractivity contribution in [3.05, 3.63) is 72.1 Å². The summed E-state index contributed by atoms with van der Waals surface area (Å²) in [6.45, 7) is -3.02. The van der Waals surface area contributed by atoms with Crippen LogP contribution in [-0.4, -0.2) is 22.7 Å². The molecule has 0 radical (unpaired) electrons. The number of nitrogens with zero attached hydrogens (tertiary/aromatic N) is 1. The third-order valence-corrected chi connectivity index (χ3v) is 4.38. The van der Waals surface area contributed by atoms with Crippen molar-refractivity contribution in [3.63, 3.8) is 0 Å². The molecule has 0 fully saturated rings. The number of rotatable bonds is 6. The number of aliphatic carboxylic acids is 1. The maximum atomic E-state index is 12.9. The summed E-state index contributed by atoms with van der Waals surface area (Å²) in [6.07, 6.45) is 1.09. The number of carbonyl (C=O) groups is 1. The van der Waals surface area contributed by atoms with E-state index in [0.29, 0.717) is 22.0 Å². The lowest BCUT2D eigenvalue weighted by atomic mass is 10.00. The van der Waals surface area contributed by atoms with Gasteiger partial charge >= 0.3 is 12.6 Å². The monoisotopic (exact) mass is 395 g/mol. The van der Waals surface area contributed by atoms with Crippen molar-refractivity contribution < 1.29 is 27.8 Å². The second kappa shape index (κ2) is 7.71. The first-order valence-electron chi connectivity index (χ1n) is 8.76. The van der Waals surface area contributed by atoms with E-state index in [9.17, 15) is 18.7 Å². The number of alkyl halides is 2. The van der Waals surface area contributed by atoms with E-state index >= 15 is 0 Å². The van der Waals surface area contributed by atoms with Crippen LogP contribution in [0, 0.1) is 0 Å². The molecule has 0 aliphatic heterocycles. The van der Waals surface area contributed by atoms with Gasteiger partial charge in [-0.3, -0.25) is 4.79 Å². The Labute approximate surface area is 163 Å². The number of fused-ring (bicyclic) bond motifs is 2. The number of carboxylic acids is 1. The molecular formula is C22H15F2NO4.